The number of nitrogens with zero attached hydrogens (tertiary/aromatic N) is 1. The Kier molecular flexibility index (Phi) is 5.14. The zero-order chi connectivity index (χ0) is 21.5. The topological polar surface area (TPSA) is 84.9 Å². The molecule has 5 rings (SSSR count). The average Bonchev–Trinajstić information content (AvgIpc) is 3.63. The largest absolute Gasteiger partial charge is 0.486 e. The molecule has 164 valence electrons. The number of carbonyl (C=O) groups is 1. The van der Waals surface area contributed by atoms with E-state index in [2.05, 4.69) is 5.32 Å². The van der Waals surface area contributed by atoms with E-state index in [1.54, 1.807) is 12.1 Å². The molecular weight excluding hydrogens is 416 g/mol. The fourth-order valence-corrected chi connectivity index (χ4v) is 5.85. The van der Waals surface area contributed by atoms with Crippen molar-refractivity contribution in [3.05, 3.63) is 54.1 Å². The predicted octanol–water partition coefficient (Wildman–Crippen LogP) is 2.46. The first-order chi connectivity index (χ1) is 15.0. The summed E-state index contributed by atoms with van der Waals surface area (Å²) < 4.78 is 39.1. The summed E-state index contributed by atoms with van der Waals surface area (Å²) in [4.78, 5) is 13.4. The molecule has 3 aliphatic rings. The number of hydrogen-bond donors (Lipinski definition) is 1. The number of hydrogen-bond acceptors (Lipinski definition) is 5. The number of fused-ring (bicyclic) bond motifs is 1. The van der Waals surface area contributed by atoms with Gasteiger partial charge in [0.2, 0.25) is 15.9 Å². The van der Waals surface area contributed by atoms with Gasteiger partial charge in [-0.15, -0.1) is 0 Å². The first-order valence-electron chi connectivity index (χ1n) is 10.8. The molecule has 1 aliphatic carbocycles. The monoisotopic (exact) mass is 442 g/mol. The second-order valence-corrected chi connectivity index (χ2v) is 10.3. The highest BCUT2D eigenvalue weighted by Crippen LogP contribution is 2.39. The summed E-state index contributed by atoms with van der Waals surface area (Å²) in [5, 5.41) is 3.14. The van der Waals surface area contributed by atoms with Crippen LogP contribution in [0.5, 0.6) is 11.5 Å². The van der Waals surface area contributed by atoms with Gasteiger partial charge in [0.05, 0.1) is 10.3 Å². The van der Waals surface area contributed by atoms with E-state index < -0.39 is 15.4 Å². The Balaban J connectivity index is 1.39. The summed E-state index contributed by atoms with van der Waals surface area (Å²) in [5.74, 6) is 1.02. The van der Waals surface area contributed by atoms with E-state index in [9.17, 15) is 13.2 Å². The number of carbonyl (C=O) groups excluding carboxylic acids is 1. The standard InChI is InChI=1S/C23H26N2O5S/c26-22(24-18-6-7-18)23(17-4-2-1-3-5-17)10-12-25(13-11-23)31(27,28)19-8-9-20-21(16-19)30-15-14-29-20/h1-5,8-9,16,18H,6-7,10-15H2,(H,24,26). The van der Waals surface area contributed by atoms with Gasteiger partial charge in [0, 0.05) is 25.2 Å². The van der Waals surface area contributed by atoms with Crippen molar-refractivity contribution >= 4 is 15.9 Å². The quantitative estimate of drug-likeness (QED) is 0.769. The summed E-state index contributed by atoms with van der Waals surface area (Å²) in [6.45, 7) is 1.42. The van der Waals surface area contributed by atoms with Crippen LogP contribution in [0.15, 0.2) is 53.4 Å². The fraction of sp³-hybridized carbons (Fsp3) is 0.435. The maximum absolute atomic E-state index is 13.3. The molecule has 2 heterocycles. The predicted molar refractivity (Wildman–Crippen MR) is 115 cm³/mol. The maximum atomic E-state index is 13.3. The number of benzene rings is 2. The number of amides is 1. The van der Waals surface area contributed by atoms with Crippen molar-refractivity contribution in [2.24, 2.45) is 0 Å². The second kappa shape index (κ2) is 7.84. The zero-order valence-corrected chi connectivity index (χ0v) is 18.1. The second-order valence-electron chi connectivity index (χ2n) is 8.41. The number of rotatable bonds is 5. The van der Waals surface area contributed by atoms with E-state index in [-0.39, 0.29) is 29.9 Å². The molecule has 8 heteroatoms. The molecule has 0 unspecified atom stereocenters. The van der Waals surface area contributed by atoms with Crippen molar-refractivity contribution in [2.75, 3.05) is 26.3 Å². The van der Waals surface area contributed by atoms with Gasteiger partial charge in [-0.25, -0.2) is 8.42 Å². The molecule has 1 saturated heterocycles. The highest BCUT2D eigenvalue weighted by Gasteiger charge is 2.46. The molecule has 0 atom stereocenters. The summed E-state index contributed by atoms with van der Waals surface area (Å²) in [6.07, 6.45) is 2.92. The SMILES string of the molecule is O=C(NC1CC1)C1(c2ccccc2)CCN(S(=O)(=O)c2ccc3c(c2)OCCO3)CC1. The number of sulfonamides is 1. The molecule has 2 aliphatic heterocycles. The molecule has 0 bridgehead atoms. The van der Waals surface area contributed by atoms with Crippen LogP contribution < -0.4 is 14.8 Å². The Morgan fingerprint density at radius 1 is 0.968 bits per heavy atom. The number of nitrogens with one attached hydrogen (secondary N) is 1. The van der Waals surface area contributed by atoms with Crippen LogP contribution in [0.25, 0.3) is 0 Å². The Morgan fingerprint density at radius 3 is 2.32 bits per heavy atom. The minimum Gasteiger partial charge on any atom is -0.486 e. The van der Waals surface area contributed by atoms with Crippen LogP contribution in [-0.2, 0) is 20.2 Å². The molecular formula is C23H26N2O5S. The molecule has 0 radical (unpaired) electrons. The summed E-state index contributed by atoms with van der Waals surface area (Å²) in [5.41, 5.74) is 0.243. The molecule has 0 aromatic heterocycles. The van der Waals surface area contributed by atoms with Gasteiger partial charge in [-0.05, 0) is 43.4 Å². The number of ether oxygens (including phenoxy) is 2. The molecule has 0 spiro atoms. The van der Waals surface area contributed by atoms with Crippen LogP contribution in [-0.4, -0.2) is 51.0 Å². The van der Waals surface area contributed by atoms with E-state index in [0.29, 0.717) is 37.6 Å². The summed E-state index contributed by atoms with van der Waals surface area (Å²) in [7, 11) is -3.70. The van der Waals surface area contributed by atoms with Crippen LogP contribution in [0, 0.1) is 0 Å². The van der Waals surface area contributed by atoms with Crippen molar-refractivity contribution in [1.82, 2.24) is 9.62 Å². The average molecular weight is 443 g/mol. The molecule has 2 aromatic rings. The van der Waals surface area contributed by atoms with Gasteiger partial charge < -0.3 is 14.8 Å². The van der Waals surface area contributed by atoms with Gasteiger partial charge in [-0.2, -0.15) is 4.31 Å². The lowest BCUT2D eigenvalue weighted by molar-refractivity contribution is -0.128. The molecule has 2 fully saturated rings. The van der Waals surface area contributed by atoms with Crippen molar-refractivity contribution in [1.29, 1.82) is 0 Å². The smallest absolute Gasteiger partial charge is 0.243 e. The third-order valence-corrected chi connectivity index (χ3v) is 8.30. The van der Waals surface area contributed by atoms with E-state index in [4.69, 9.17) is 9.47 Å². The minimum atomic E-state index is -3.70. The fourth-order valence-electron chi connectivity index (χ4n) is 4.40. The third-order valence-electron chi connectivity index (χ3n) is 6.40. The Labute approximate surface area is 182 Å². The van der Waals surface area contributed by atoms with Crippen LogP contribution in [0.4, 0.5) is 0 Å². The first-order valence-corrected chi connectivity index (χ1v) is 12.2. The maximum Gasteiger partial charge on any atom is 0.243 e. The lowest BCUT2D eigenvalue weighted by atomic mass is 9.72. The van der Waals surface area contributed by atoms with Crippen LogP contribution >= 0.6 is 0 Å². The third kappa shape index (κ3) is 3.78. The molecule has 31 heavy (non-hydrogen) atoms. The minimum absolute atomic E-state index is 0.0116. The van der Waals surface area contributed by atoms with Crippen molar-refractivity contribution in [3.63, 3.8) is 0 Å². The molecule has 1 N–H and O–H groups in total. The van der Waals surface area contributed by atoms with Crippen molar-refractivity contribution in [2.45, 2.75) is 42.0 Å². The van der Waals surface area contributed by atoms with E-state index in [0.717, 1.165) is 18.4 Å². The molecule has 1 amide bonds. The Bertz CT molecular complexity index is 1070. The highest BCUT2D eigenvalue weighted by atomic mass is 32.2. The van der Waals surface area contributed by atoms with Gasteiger partial charge in [0.25, 0.3) is 0 Å². The van der Waals surface area contributed by atoms with Crippen LogP contribution in [0.2, 0.25) is 0 Å². The molecule has 2 aromatic carbocycles. The summed E-state index contributed by atoms with van der Waals surface area (Å²) >= 11 is 0. The van der Waals surface area contributed by atoms with E-state index >= 15 is 0 Å². The normalized spacial score (nSPS) is 20.8. The highest BCUT2D eigenvalue weighted by molar-refractivity contribution is 7.89. The van der Waals surface area contributed by atoms with Crippen LogP contribution in [0.1, 0.15) is 31.2 Å². The Morgan fingerprint density at radius 2 is 1.65 bits per heavy atom. The van der Waals surface area contributed by atoms with Gasteiger partial charge >= 0.3 is 0 Å². The lowest BCUT2D eigenvalue weighted by Crippen LogP contribution is -2.53. The first kappa shape index (κ1) is 20.3. The van der Waals surface area contributed by atoms with Crippen molar-refractivity contribution in [3.8, 4) is 11.5 Å². The van der Waals surface area contributed by atoms with Crippen molar-refractivity contribution < 1.29 is 22.7 Å². The van der Waals surface area contributed by atoms with Gasteiger partial charge in [-0.3, -0.25) is 4.79 Å². The number of piperidine rings is 1. The van der Waals surface area contributed by atoms with Gasteiger partial charge in [-0.1, -0.05) is 30.3 Å². The molecule has 7 nitrogen and oxygen atoms in total. The van der Waals surface area contributed by atoms with Crippen LogP contribution in [0.3, 0.4) is 0 Å². The lowest BCUT2D eigenvalue weighted by Gasteiger charge is -2.40. The van der Waals surface area contributed by atoms with Gasteiger partial charge in [0.1, 0.15) is 13.2 Å². The zero-order valence-electron chi connectivity index (χ0n) is 17.2. The Hall–Kier alpha value is -2.58. The van der Waals surface area contributed by atoms with E-state index in [1.807, 2.05) is 30.3 Å². The molecule has 1 saturated carbocycles. The van der Waals surface area contributed by atoms with E-state index in [1.165, 1.54) is 10.4 Å². The summed E-state index contributed by atoms with van der Waals surface area (Å²) in [6, 6.07) is 14.7. The van der Waals surface area contributed by atoms with Gasteiger partial charge in [0.15, 0.2) is 11.5 Å².